The molecule has 2 fully saturated rings. The molecule has 94 valence electrons. The fraction of sp³-hybridized carbons (Fsp3) is 0.727. The van der Waals surface area contributed by atoms with Crippen LogP contribution in [0, 0.1) is 16.0 Å². The van der Waals surface area contributed by atoms with Crippen LogP contribution in [0.2, 0.25) is 0 Å². The summed E-state index contributed by atoms with van der Waals surface area (Å²) >= 11 is 0. The molecule has 0 radical (unpaired) electrons. The van der Waals surface area contributed by atoms with Gasteiger partial charge in [0.05, 0.1) is 23.6 Å². The van der Waals surface area contributed by atoms with Crippen LogP contribution in [-0.2, 0) is 9.53 Å². The number of rotatable bonds is 3. The summed E-state index contributed by atoms with van der Waals surface area (Å²) in [6.07, 6.45) is 4.73. The lowest BCUT2D eigenvalue weighted by Gasteiger charge is -2.36. The summed E-state index contributed by atoms with van der Waals surface area (Å²) < 4.78 is 4.70. The van der Waals surface area contributed by atoms with Gasteiger partial charge in [-0.1, -0.05) is 0 Å². The van der Waals surface area contributed by atoms with Crippen LogP contribution in [0.5, 0.6) is 0 Å². The van der Waals surface area contributed by atoms with Crippen LogP contribution in [0.3, 0.4) is 0 Å². The van der Waals surface area contributed by atoms with E-state index in [2.05, 4.69) is 0 Å². The number of esters is 1. The molecular weight excluding hydrogens is 224 g/mol. The second kappa shape index (κ2) is 4.73. The molecule has 2 aliphatic rings. The van der Waals surface area contributed by atoms with E-state index < -0.39 is 4.92 Å². The van der Waals surface area contributed by atoms with E-state index in [1.807, 2.05) is 4.90 Å². The van der Waals surface area contributed by atoms with Crippen molar-refractivity contribution in [1.82, 2.24) is 4.90 Å². The fourth-order valence-corrected chi connectivity index (χ4v) is 2.44. The number of carbonyl (C=O) groups excluding carboxylic acids is 1. The summed E-state index contributed by atoms with van der Waals surface area (Å²) in [5, 5.41) is 10.6. The molecule has 1 saturated heterocycles. The van der Waals surface area contributed by atoms with Gasteiger partial charge in [0.1, 0.15) is 0 Å². The van der Waals surface area contributed by atoms with Gasteiger partial charge in [-0.15, -0.1) is 0 Å². The third kappa shape index (κ3) is 2.40. The van der Waals surface area contributed by atoms with Crippen LogP contribution >= 0.6 is 0 Å². The SMILES string of the molecule is COC(=O)C1C/C(=C\[N+](=O)[O-])N(C2CCC2)C1. The van der Waals surface area contributed by atoms with Gasteiger partial charge in [-0.2, -0.15) is 0 Å². The Kier molecular flexibility index (Phi) is 3.31. The molecule has 6 heteroatoms. The Hall–Kier alpha value is -1.59. The van der Waals surface area contributed by atoms with Crippen molar-refractivity contribution in [1.29, 1.82) is 0 Å². The molecule has 6 nitrogen and oxygen atoms in total. The highest BCUT2D eigenvalue weighted by Gasteiger charge is 2.39. The monoisotopic (exact) mass is 240 g/mol. The zero-order valence-electron chi connectivity index (χ0n) is 9.80. The van der Waals surface area contributed by atoms with Gasteiger partial charge in [0.25, 0.3) is 6.20 Å². The number of hydrogen-bond donors (Lipinski definition) is 0. The third-order valence-electron chi connectivity index (χ3n) is 3.55. The molecule has 17 heavy (non-hydrogen) atoms. The predicted octanol–water partition coefficient (Wildman–Crippen LogP) is 1.15. The van der Waals surface area contributed by atoms with Crippen molar-refractivity contribution in [2.24, 2.45) is 5.92 Å². The Morgan fingerprint density at radius 2 is 2.29 bits per heavy atom. The van der Waals surface area contributed by atoms with Crippen LogP contribution in [-0.4, -0.2) is 35.5 Å². The van der Waals surface area contributed by atoms with Gasteiger partial charge >= 0.3 is 5.97 Å². The molecular formula is C11H16N2O4. The van der Waals surface area contributed by atoms with Crippen LogP contribution in [0.25, 0.3) is 0 Å². The second-order valence-electron chi connectivity index (χ2n) is 4.57. The largest absolute Gasteiger partial charge is 0.469 e. The van der Waals surface area contributed by atoms with Crippen LogP contribution < -0.4 is 0 Å². The Morgan fingerprint density at radius 1 is 1.59 bits per heavy atom. The van der Waals surface area contributed by atoms with E-state index in [0.29, 0.717) is 24.7 Å². The van der Waals surface area contributed by atoms with Crippen molar-refractivity contribution in [3.05, 3.63) is 22.0 Å². The number of ether oxygens (including phenoxy) is 1. The maximum Gasteiger partial charge on any atom is 0.310 e. The van der Waals surface area contributed by atoms with E-state index in [1.165, 1.54) is 7.11 Å². The standard InChI is InChI=1S/C11H16N2O4/c1-17-11(14)8-5-10(7-13(15)16)12(6-8)9-3-2-4-9/h7-9H,2-6H2,1H3/b10-7+. The minimum absolute atomic E-state index is 0.258. The summed E-state index contributed by atoms with van der Waals surface area (Å²) in [5.74, 6) is -0.534. The van der Waals surface area contributed by atoms with E-state index >= 15 is 0 Å². The topological polar surface area (TPSA) is 72.7 Å². The summed E-state index contributed by atoms with van der Waals surface area (Å²) in [5.41, 5.74) is 0.662. The fourth-order valence-electron chi connectivity index (χ4n) is 2.44. The Morgan fingerprint density at radius 3 is 2.76 bits per heavy atom. The summed E-state index contributed by atoms with van der Waals surface area (Å²) in [4.78, 5) is 23.6. The lowest BCUT2D eigenvalue weighted by molar-refractivity contribution is -0.404. The highest BCUT2D eigenvalue weighted by atomic mass is 16.6. The maximum atomic E-state index is 11.5. The predicted molar refractivity (Wildman–Crippen MR) is 59.5 cm³/mol. The van der Waals surface area contributed by atoms with Gasteiger partial charge in [-0.05, 0) is 19.3 Å². The lowest BCUT2D eigenvalue weighted by atomic mass is 9.91. The van der Waals surface area contributed by atoms with Gasteiger partial charge in [-0.3, -0.25) is 14.9 Å². The van der Waals surface area contributed by atoms with Crippen molar-refractivity contribution in [3.63, 3.8) is 0 Å². The molecule has 0 amide bonds. The molecule has 0 aromatic carbocycles. The van der Waals surface area contributed by atoms with E-state index in [4.69, 9.17) is 4.74 Å². The molecule has 1 heterocycles. The van der Waals surface area contributed by atoms with Crippen molar-refractivity contribution < 1.29 is 14.5 Å². The number of allylic oxidation sites excluding steroid dienone is 1. The average Bonchev–Trinajstić information content (AvgIpc) is 2.58. The van der Waals surface area contributed by atoms with Crippen molar-refractivity contribution >= 4 is 5.97 Å². The maximum absolute atomic E-state index is 11.5. The first kappa shape index (κ1) is 11.9. The molecule has 0 aromatic heterocycles. The van der Waals surface area contributed by atoms with Gasteiger partial charge in [0, 0.05) is 19.0 Å². The van der Waals surface area contributed by atoms with Crippen molar-refractivity contribution in [2.75, 3.05) is 13.7 Å². The molecule has 0 aromatic rings. The summed E-state index contributed by atoms with van der Waals surface area (Å²) in [6.45, 7) is 0.553. The number of nitro groups is 1. The van der Waals surface area contributed by atoms with Crippen molar-refractivity contribution in [2.45, 2.75) is 31.7 Å². The van der Waals surface area contributed by atoms with Crippen molar-refractivity contribution in [3.8, 4) is 0 Å². The first-order chi connectivity index (χ1) is 8.11. The number of nitrogens with zero attached hydrogens (tertiary/aromatic N) is 2. The zero-order chi connectivity index (χ0) is 12.4. The molecule has 1 saturated carbocycles. The number of likely N-dealkylation sites (tertiary alicyclic amines) is 1. The molecule has 0 N–H and O–H groups in total. The van der Waals surface area contributed by atoms with Gasteiger partial charge in [-0.25, -0.2) is 0 Å². The van der Waals surface area contributed by atoms with E-state index in [1.54, 1.807) is 0 Å². The van der Waals surface area contributed by atoms with Crippen LogP contribution in [0.1, 0.15) is 25.7 Å². The Bertz CT molecular complexity index is 362. The Labute approximate surface area is 99.4 Å². The molecule has 0 spiro atoms. The van der Waals surface area contributed by atoms with E-state index in [-0.39, 0.29) is 11.9 Å². The van der Waals surface area contributed by atoms with Gasteiger partial charge in [0.15, 0.2) is 0 Å². The summed E-state index contributed by atoms with van der Waals surface area (Å²) in [7, 11) is 1.35. The highest BCUT2D eigenvalue weighted by Crippen LogP contribution is 2.36. The zero-order valence-corrected chi connectivity index (χ0v) is 9.80. The van der Waals surface area contributed by atoms with E-state index in [9.17, 15) is 14.9 Å². The molecule has 1 aliphatic heterocycles. The van der Waals surface area contributed by atoms with E-state index in [0.717, 1.165) is 25.5 Å². The first-order valence-corrected chi connectivity index (χ1v) is 5.80. The normalized spacial score (nSPS) is 27.0. The minimum atomic E-state index is -0.444. The lowest BCUT2D eigenvalue weighted by Crippen LogP contribution is -2.38. The average molecular weight is 240 g/mol. The first-order valence-electron chi connectivity index (χ1n) is 5.80. The molecule has 1 unspecified atom stereocenters. The number of methoxy groups -OCH3 is 1. The van der Waals surface area contributed by atoms with Gasteiger partial charge < -0.3 is 9.64 Å². The smallest absolute Gasteiger partial charge is 0.310 e. The minimum Gasteiger partial charge on any atom is -0.469 e. The molecule has 1 aliphatic carbocycles. The Balaban J connectivity index is 2.11. The quantitative estimate of drug-likeness (QED) is 0.420. The van der Waals surface area contributed by atoms with Crippen LogP contribution in [0.4, 0.5) is 0 Å². The number of carbonyl (C=O) groups is 1. The molecule has 1 atom stereocenters. The molecule has 0 bridgehead atoms. The van der Waals surface area contributed by atoms with Gasteiger partial charge in [0.2, 0.25) is 0 Å². The highest BCUT2D eigenvalue weighted by molar-refractivity contribution is 5.73. The molecule has 2 rings (SSSR count). The summed E-state index contributed by atoms with van der Waals surface area (Å²) in [6, 6.07) is 0.371. The van der Waals surface area contributed by atoms with Crippen LogP contribution in [0.15, 0.2) is 11.9 Å². The number of hydrogen-bond acceptors (Lipinski definition) is 5. The second-order valence-corrected chi connectivity index (χ2v) is 4.57. The third-order valence-corrected chi connectivity index (χ3v) is 3.55.